The van der Waals surface area contributed by atoms with Gasteiger partial charge in [-0.1, -0.05) is 23.2 Å². The summed E-state index contributed by atoms with van der Waals surface area (Å²) in [4.78, 5) is 12.2. The van der Waals surface area contributed by atoms with E-state index in [0.717, 1.165) is 12.8 Å². The molecule has 3 nitrogen and oxygen atoms in total. The summed E-state index contributed by atoms with van der Waals surface area (Å²) in [5.74, 6) is 0.292. The van der Waals surface area contributed by atoms with Crippen molar-refractivity contribution in [1.82, 2.24) is 5.32 Å². The van der Waals surface area contributed by atoms with Crippen LogP contribution in [-0.4, -0.2) is 18.0 Å². The average molecular weight is 324 g/mol. The van der Waals surface area contributed by atoms with Gasteiger partial charge in [-0.05, 0) is 43.9 Å². The van der Waals surface area contributed by atoms with Gasteiger partial charge < -0.3 is 11.1 Å². The lowest BCUT2D eigenvalue weighted by molar-refractivity contribution is 0.0898. The molecule has 0 radical (unpaired) electrons. The van der Waals surface area contributed by atoms with Crippen LogP contribution in [0.15, 0.2) is 18.2 Å². The maximum absolute atomic E-state index is 12.2. The van der Waals surface area contributed by atoms with E-state index in [9.17, 15) is 4.79 Å². The van der Waals surface area contributed by atoms with Crippen LogP contribution in [0.2, 0.25) is 10.0 Å². The second-order valence-corrected chi connectivity index (χ2v) is 5.88. The van der Waals surface area contributed by atoms with Crippen molar-refractivity contribution >= 4 is 41.5 Å². The number of amides is 1. The summed E-state index contributed by atoms with van der Waals surface area (Å²) < 4.78 is 0. The number of hydrogen-bond donors (Lipinski definition) is 2. The van der Waals surface area contributed by atoms with Gasteiger partial charge in [-0.3, -0.25) is 4.79 Å². The first kappa shape index (κ1) is 16.6. The molecular weight excluding hydrogens is 307 g/mol. The molecular formula is C13H17Cl3N2O. The monoisotopic (exact) mass is 322 g/mol. The Labute approximate surface area is 129 Å². The molecule has 1 aliphatic rings. The molecule has 0 bridgehead atoms. The highest BCUT2D eigenvalue weighted by atomic mass is 35.5. The molecule has 6 heteroatoms. The SMILES string of the molecule is CC(CN)(NC(=O)c1cc(Cl)cc(Cl)c1)C1CC1.Cl. The minimum absolute atomic E-state index is 0. The van der Waals surface area contributed by atoms with Gasteiger partial charge in [0.25, 0.3) is 5.91 Å². The lowest BCUT2D eigenvalue weighted by atomic mass is 9.95. The summed E-state index contributed by atoms with van der Waals surface area (Å²) in [6.07, 6.45) is 2.23. The Morgan fingerprint density at radius 1 is 1.37 bits per heavy atom. The topological polar surface area (TPSA) is 55.1 Å². The standard InChI is InChI=1S/C13H16Cl2N2O.ClH/c1-13(7-16,9-2-3-9)17-12(18)8-4-10(14)6-11(15)5-8;/h4-6,9H,2-3,7,16H2,1H3,(H,17,18);1H. The Balaban J connectivity index is 0.00000180. The second-order valence-electron chi connectivity index (χ2n) is 5.01. The van der Waals surface area contributed by atoms with E-state index < -0.39 is 0 Å². The summed E-state index contributed by atoms with van der Waals surface area (Å²) in [6, 6.07) is 4.81. The Morgan fingerprint density at radius 3 is 2.32 bits per heavy atom. The quantitative estimate of drug-likeness (QED) is 0.893. The van der Waals surface area contributed by atoms with Gasteiger partial charge in [0.2, 0.25) is 0 Å². The normalized spacial score (nSPS) is 17.3. The van der Waals surface area contributed by atoms with E-state index in [1.165, 1.54) is 0 Å². The first-order valence-corrected chi connectivity index (χ1v) is 6.69. The molecule has 1 atom stereocenters. The van der Waals surface area contributed by atoms with Crippen molar-refractivity contribution in [3.63, 3.8) is 0 Å². The molecule has 0 aromatic heterocycles. The van der Waals surface area contributed by atoms with Crippen LogP contribution in [0.1, 0.15) is 30.1 Å². The highest BCUT2D eigenvalue weighted by molar-refractivity contribution is 6.35. The van der Waals surface area contributed by atoms with Crippen molar-refractivity contribution < 1.29 is 4.79 Å². The number of rotatable bonds is 4. The molecule has 1 aromatic rings. The molecule has 0 spiro atoms. The number of carbonyl (C=O) groups excluding carboxylic acids is 1. The van der Waals surface area contributed by atoms with Crippen LogP contribution < -0.4 is 11.1 Å². The number of benzene rings is 1. The molecule has 1 amide bonds. The fourth-order valence-electron chi connectivity index (χ4n) is 2.06. The van der Waals surface area contributed by atoms with Gasteiger partial charge in [0.05, 0.1) is 5.54 Å². The van der Waals surface area contributed by atoms with Crippen molar-refractivity contribution in [3.8, 4) is 0 Å². The highest BCUT2D eigenvalue weighted by Gasteiger charge is 2.41. The number of halogens is 3. The fraction of sp³-hybridized carbons (Fsp3) is 0.462. The van der Waals surface area contributed by atoms with E-state index in [2.05, 4.69) is 5.32 Å². The zero-order valence-electron chi connectivity index (χ0n) is 10.6. The summed E-state index contributed by atoms with van der Waals surface area (Å²) in [7, 11) is 0. The van der Waals surface area contributed by atoms with Crippen molar-refractivity contribution in [2.45, 2.75) is 25.3 Å². The minimum Gasteiger partial charge on any atom is -0.345 e. The van der Waals surface area contributed by atoms with Crippen LogP contribution in [0.3, 0.4) is 0 Å². The van der Waals surface area contributed by atoms with Crippen LogP contribution >= 0.6 is 35.6 Å². The minimum atomic E-state index is -0.341. The van der Waals surface area contributed by atoms with Crippen LogP contribution in [0.5, 0.6) is 0 Å². The van der Waals surface area contributed by atoms with Crippen molar-refractivity contribution in [2.24, 2.45) is 11.7 Å². The third kappa shape index (κ3) is 3.99. The third-order valence-corrected chi connectivity index (χ3v) is 3.86. The van der Waals surface area contributed by atoms with E-state index in [1.807, 2.05) is 6.92 Å². The number of carbonyl (C=O) groups is 1. The molecule has 3 N–H and O–H groups in total. The molecule has 19 heavy (non-hydrogen) atoms. The average Bonchev–Trinajstić information content (AvgIpc) is 3.11. The summed E-state index contributed by atoms with van der Waals surface area (Å²) in [6.45, 7) is 2.41. The Morgan fingerprint density at radius 2 is 1.89 bits per heavy atom. The molecule has 106 valence electrons. The van der Waals surface area contributed by atoms with E-state index >= 15 is 0 Å². The lowest BCUT2D eigenvalue weighted by Gasteiger charge is -2.29. The predicted molar refractivity (Wildman–Crippen MR) is 81.4 cm³/mol. The zero-order chi connectivity index (χ0) is 13.3. The molecule has 0 aliphatic heterocycles. The molecule has 1 aromatic carbocycles. The van der Waals surface area contributed by atoms with Gasteiger partial charge in [-0.25, -0.2) is 0 Å². The van der Waals surface area contributed by atoms with Crippen LogP contribution in [0.4, 0.5) is 0 Å². The number of nitrogens with two attached hydrogens (primary N) is 1. The molecule has 1 saturated carbocycles. The van der Waals surface area contributed by atoms with Crippen molar-refractivity contribution in [3.05, 3.63) is 33.8 Å². The lowest BCUT2D eigenvalue weighted by Crippen LogP contribution is -2.53. The van der Waals surface area contributed by atoms with Crippen LogP contribution in [-0.2, 0) is 0 Å². The van der Waals surface area contributed by atoms with Gasteiger partial charge in [0, 0.05) is 22.2 Å². The van der Waals surface area contributed by atoms with Gasteiger partial charge >= 0.3 is 0 Å². The molecule has 2 rings (SSSR count). The second kappa shape index (κ2) is 6.31. The first-order valence-electron chi connectivity index (χ1n) is 5.93. The van der Waals surface area contributed by atoms with Gasteiger partial charge in [-0.2, -0.15) is 0 Å². The first-order chi connectivity index (χ1) is 8.44. The predicted octanol–water partition coefficient (Wildman–Crippen LogP) is 3.27. The number of nitrogens with one attached hydrogen (secondary N) is 1. The zero-order valence-corrected chi connectivity index (χ0v) is 12.9. The largest absolute Gasteiger partial charge is 0.345 e. The molecule has 1 aliphatic carbocycles. The van der Waals surface area contributed by atoms with Gasteiger partial charge in [0.15, 0.2) is 0 Å². The van der Waals surface area contributed by atoms with Crippen LogP contribution in [0.25, 0.3) is 0 Å². The summed E-state index contributed by atoms with van der Waals surface area (Å²) >= 11 is 11.8. The fourth-order valence-corrected chi connectivity index (χ4v) is 2.58. The Kier molecular flexibility index (Phi) is 5.51. The summed E-state index contributed by atoms with van der Waals surface area (Å²) in [5.41, 5.74) is 5.89. The maximum Gasteiger partial charge on any atom is 0.251 e. The third-order valence-electron chi connectivity index (χ3n) is 3.43. The Hall–Kier alpha value is -0.480. The highest BCUT2D eigenvalue weighted by Crippen LogP contribution is 2.39. The van der Waals surface area contributed by atoms with Crippen molar-refractivity contribution in [1.29, 1.82) is 0 Å². The van der Waals surface area contributed by atoms with Gasteiger partial charge in [0.1, 0.15) is 0 Å². The smallest absolute Gasteiger partial charge is 0.251 e. The van der Waals surface area contributed by atoms with E-state index in [0.29, 0.717) is 28.1 Å². The molecule has 1 fully saturated rings. The Bertz CT molecular complexity index is 457. The molecule has 1 unspecified atom stereocenters. The van der Waals surface area contributed by atoms with Crippen molar-refractivity contribution in [2.75, 3.05) is 6.54 Å². The number of hydrogen-bond acceptors (Lipinski definition) is 2. The van der Waals surface area contributed by atoms with E-state index in [-0.39, 0.29) is 23.9 Å². The van der Waals surface area contributed by atoms with E-state index in [4.69, 9.17) is 28.9 Å². The summed E-state index contributed by atoms with van der Waals surface area (Å²) in [5, 5.41) is 3.90. The maximum atomic E-state index is 12.2. The van der Waals surface area contributed by atoms with Gasteiger partial charge in [-0.15, -0.1) is 12.4 Å². The van der Waals surface area contributed by atoms with E-state index in [1.54, 1.807) is 18.2 Å². The molecule has 0 saturated heterocycles. The van der Waals surface area contributed by atoms with Crippen LogP contribution in [0, 0.1) is 5.92 Å². The molecule has 0 heterocycles.